The molecule has 6 atom stereocenters. The van der Waals surface area contributed by atoms with E-state index in [9.17, 15) is 0 Å². The average Bonchev–Trinajstić information content (AvgIpc) is 2.49. The molecule has 5 rings (SSSR count). The highest BCUT2D eigenvalue weighted by molar-refractivity contribution is 5.33. The maximum atomic E-state index is 2.64. The maximum Gasteiger partial charge on any atom is -0.0204 e. The largest absolute Gasteiger partial charge is 0.0596 e. The van der Waals surface area contributed by atoms with Crippen molar-refractivity contribution >= 4 is 0 Å². The first-order valence-corrected chi connectivity index (χ1v) is 6.93. The second-order valence-electron chi connectivity index (χ2n) is 8.04. The molecule has 0 N–H and O–H groups in total. The Balaban J connectivity index is 1.89. The van der Waals surface area contributed by atoms with E-state index in [2.05, 4.69) is 27.7 Å². The van der Waals surface area contributed by atoms with Crippen LogP contribution in [0.1, 0.15) is 53.4 Å². The van der Waals surface area contributed by atoms with Gasteiger partial charge in [-0.2, -0.15) is 0 Å². The van der Waals surface area contributed by atoms with Crippen LogP contribution < -0.4 is 0 Å². The molecule has 0 heteroatoms. The van der Waals surface area contributed by atoms with Gasteiger partial charge in [0.05, 0.1) is 0 Å². The lowest BCUT2D eigenvalue weighted by Crippen LogP contribution is -2.29. The summed E-state index contributed by atoms with van der Waals surface area (Å²) in [6.07, 6.45) is 6.10. The van der Waals surface area contributed by atoms with Gasteiger partial charge in [-0.15, -0.1) is 0 Å². The molecule has 0 aromatic carbocycles. The van der Waals surface area contributed by atoms with E-state index in [1.165, 1.54) is 19.3 Å². The van der Waals surface area contributed by atoms with Gasteiger partial charge in [0.25, 0.3) is 0 Å². The molecule has 5 saturated carbocycles. The minimum Gasteiger partial charge on any atom is -0.0596 e. The summed E-state index contributed by atoms with van der Waals surface area (Å²) in [7, 11) is 0. The first kappa shape index (κ1) is 9.07. The van der Waals surface area contributed by atoms with Gasteiger partial charge in [-0.25, -0.2) is 0 Å². The third-order valence-electron chi connectivity index (χ3n) is 7.58. The van der Waals surface area contributed by atoms with Crippen molar-refractivity contribution in [1.29, 1.82) is 0 Å². The Kier molecular flexibility index (Phi) is 1.24. The van der Waals surface area contributed by atoms with Crippen molar-refractivity contribution in [2.75, 3.05) is 0 Å². The summed E-state index contributed by atoms with van der Waals surface area (Å²) in [4.78, 5) is 0. The second kappa shape index (κ2) is 2.05. The zero-order valence-electron chi connectivity index (χ0n) is 10.6. The normalized spacial score (nSPS) is 68.0. The number of rotatable bonds is 0. The van der Waals surface area contributed by atoms with E-state index in [0.717, 1.165) is 34.5 Å². The van der Waals surface area contributed by atoms with Crippen LogP contribution in [0.3, 0.4) is 0 Å². The van der Waals surface area contributed by atoms with E-state index in [-0.39, 0.29) is 0 Å². The summed E-state index contributed by atoms with van der Waals surface area (Å²) in [5, 5.41) is 0. The van der Waals surface area contributed by atoms with Gasteiger partial charge in [-0.1, -0.05) is 34.1 Å². The second-order valence-corrected chi connectivity index (χ2v) is 8.04. The van der Waals surface area contributed by atoms with Gasteiger partial charge in [-0.3, -0.25) is 0 Å². The van der Waals surface area contributed by atoms with Crippen molar-refractivity contribution in [2.45, 2.75) is 53.4 Å². The highest BCUT2D eigenvalue weighted by Crippen LogP contribution is 2.91. The van der Waals surface area contributed by atoms with E-state index < -0.39 is 0 Å². The van der Waals surface area contributed by atoms with Crippen molar-refractivity contribution in [1.82, 2.24) is 0 Å². The van der Waals surface area contributed by atoms with E-state index >= 15 is 0 Å². The molecule has 5 aliphatic rings. The molecule has 0 spiro atoms. The van der Waals surface area contributed by atoms with E-state index in [4.69, 9.17) is 0 Å². The molecule has 0 heterocycles. The third kappa shape index (κ3) is 0.666. The van der Waals surface area contributed by atoms with Gasteiger partial charge in [0.2, 0.25) is 0 Å². The Morgan fingerprint density at radius 1 is 0.867 bits per heavy atom. The van der Waals surface area contributed by atoms with Gasteiger partial charge < -0.3 is 0 Å². The summed E-state index contributed by atoms with van der Waals surface area (Å²) in [5.74, 6) is 4.44. The molecule has 0 nitrogen and oxygen atoms in total. The first-order valence-electron chi connectivity index (χ1n) is 6.93. The Labute approximate surface area is 93.8 Å². The van der Waals surface area contributed by atoms with E-state index in [1.807, 2.05) is 0 Å². The predicted molar refractivity (Wildman–Crippen MR) is 62.4 cm³/mol. The Hall–Kier alpha value is 0. The fourth-order valence-corrected chi connectivity index (χ4v) is 6.75. The zero-order chi connectivity index (χ0) is 10.6. The molecule has 0 aromatic heterocycles. The molecule has 0 saturated heterocycles. The molecule has 0 aliphatic heterocycles. The molecule has 5 unspecified atom stereocenters. The number of hydrogen-bond acceptors (Lipinski definition) is 0. The minimum absolute atomic E-state index is 0.649. The molecule has 5 fully saturated rings. The molecule has 5 aliphatic carbocycles. The lowest BCUT2D eigenvalue weighted by molar-refractivity contribution is 0.127. The third-order valence-corrected chi connectivity index (χ3v) is 7.58. The van der Waals surface area contributed by atoms with Crippen LogP contribution in [0, 0.1) is 39.9 Å². The fourth-order valence-electron chi connectivity index (χ4n) is 6.75. The van der Waals surface area contributed by atoms with Gasteiger partial charge >= 0.3 is 0 Å². The topological polar surface area (TPSA) is 0 Å². The van der Waals surface area contributed by atoms with E-state index in [0.29, 0.717) is 5.41 Å². The average molecular weight is 204 g/mol. The first-order chi connectivity index (χ1) is 6.93. The summed E-state index contributed by atoms with van der Waals surface area (Å²) < 4.78 is 0. The van der Waals surface area contributed by atoms with Crippen molar-refractivity contribution in [3.63, 3.8) is 0 Å². The van der Waals surface area contributed by atoms with Crippen LogP contribution in [0.4, 0.5) is 0 Å². The van der Waals surface area contributed by atoms with Crippen LogP contribution >= 0.6 is 0 Å². The maximum absolute atomic E-state index is 2.64. The van der Waals surface area contributed by atoms with Crippen LogP contribution in [-0.2, 0) is 0 Å². The molecule has 0 amide bonds. The van der Waals surface area contributed by atoms with E-state index in [1.54, 1.807) is 6.42 Å². The van der Waals surface area contributed by atoms with Crippen LogP contribution in [0.15, 0.2) is 0 Å². The summed E-state index contributed by atoms with van der Waals surface area (Å²) in [6.45, 7) is 10.4. The van der Waals surface area contributed by atoms with Gasteiger partial charge in [0.15, 0.2) is 0 Å². The predicted octanol–water partition coefficient (Wildman–Crippen LogP) is 4.10. The lowest BCUT2D eigenvalue weighted by Gasteiger charge is -2.35. The highest BCUT2D eigenvalue weighted by Gasteiger charge is 2.86. The van der Waals surface area contributed by atoms with Crippen molar-refractivity contribution in [3.05, 3.63) is 0 Å². The van der Waals surface area contributed by atoms with Crippen molar-refractivity contribution < 1.29 is 0 Å². The summed E-state index contributed by atoms with van der Waals surface area (Å²) >= 11 is 0. The van der Waals surface area contributed by atoms with Crippen LogP contribution in [0.25, 0.3) is 0 Å². The van der Waals surface area contributed by atoms with Crippen molar-refractivity contribution in [2.24, 2.45) is 39.9 Å². The molecule has 15 heavy (non-hydrogen) atoms. The van der Waals surface area contributed by atoms with Gasteiger partial charge in [-0.05, 0) is 59.2 Å². The SMILES string of the molecule is CC1(C)CCCC2(C)C3CC4C(C31)[C@]42C. The van der Waals surface area contributed by atoms with Crippen LogP contribution in [0.2, 0.25) is 0 Å². The van der Waals surface area contributed by atoms with Crippen molar-refractivity contribution in [3.8, 4) is 0 Å². The Morgan fingerprint density at radius 3 is 2.27 bits per heavy atom. The number of hydrogen-bond donors (Lipinski definition) is 0. The van der Waals surface area contributed by atoms with Gasteiger partial charge in [0, 0.05) is 0 Å². The lowest BCUT2D eigenvalue weighted by atomic mass is 9.69. The monoisotopic (exact) mass is 204 g/mol. The molecular weight excluding hydrogens is 180 g/mol. The molecule has 0 aromatic rings. The highest BCUT2D eigenvalue weighted by atomic mass is 14.9. The quantitative estimate of drug-likeness (QED) is 0.557. The Morgan fingerprint density at radius 2 is 1.60 bits per heavy atom. The zero-order valence-corrected chi connectivity index (χ0v) is 10.6. The summed E-state index contributed by atoms with van der Waals surface area (Å²) in [6, 6.07) is 0. The van der Waals surface area contributed by atoms with Crippen LogP contribution in [-0.4, -0.2) is 0 Å². The molecule has 0 radical (unpaired) electrons. The molecular formula is C15H24. The Bertz CT molecular complexity index is 342. The molecule has 84 valence electrons. The fraction of sp³-hybridized carbons (Fsp3) is 1.00. The minimum atomic E-state index is 0.649. The van der Waals surface area contributed by atoms with Gasteiger partial charge in [0.1, 0.15) is 0 Å². The standard InChI is InChI=1S/C15H24/c1-13(2)6-5-7-14(3)9-8-10-12(11(9)13)15(10,14)4/h9-12H,5-8H2,1-4H3/t9?,10?,11?,12?,14?,15-/m0/s1. The smallest absolute Gasteiger partial charge is 0.0204 e. The van der Waals surface area contributed by atoms with Crippen LogP contribution in [0.5, 0.6) is 0 Å². The summed E-state index contributed by atoms with van der Waals surface area (Å²) in [5.41, 5.74) is 2.16. The molecule has 6 bridgehead atoms.